The van der Waals surface area contributed by atoms with Crippen LogP contribution >= 0.6 is 0 Å². The SMILES string of the molecule is c1ccc(C2Cc3ccccc3C(Cc3c[nH]cn3)C2)cc1.c1ccc(C2Cc3ccccc3C(Cc3c[nH]cn3)C2)cc1. The quantitative estimate of drug-likeness (QED) is 0.208. The second kappa shape index (κ2) is 13.3. The molecule has 4 aromatic carbocycles. The molecule has 6 aromatic rings. The molecule has 0 aliphatic heterocycles. The van der Waals surface area contributed by atoms with Crippen molar-refractivity contribution in [1.82, 2.24) is 19.9 Å². The third-order valence-electron chi connectivity index (χ3n) is 9.62. The van der Waals surface area contributed by atoms with E-state index in [0.29, 0.717) is 23.7 Å². The molecule has 4 nitrogen and oxygen atoms in total. The zero-order valence-electron chi connectivity index (χ0n) is 25.1. The van der Waals surface area contributed by atoms with Gasteiger partial charge in [0.1, 0.15) is 0 Å². The molecule has 2 heterocycles. The Labute approximate surface area is 260 Å². The number of fused-ring (bicyclic) bond motifs is 2. The fraction of sp³-hybridized carbons (Fsp3) is 0.250. The molecule has 4 unspecified atom stereocenters. The third kappa shape index (κ3) is 6.45. The third-order valence-corrected chi connectivity index (χ3v) is 9.62. The van der Waals surface area contributed by atoms with Gasteiger partial charge in [0, 0.05) is 12.4 Å². The Bertz CT molecular complexity index is 1590. The maximum atomic E-state index is 4.43. The molecule has 0 fully saturated rings. The summed E-state index contributed by atoms with van der Waals surface area (Å²) in [7, 11) is 0. The lowest BCUT2D eigenvalue weighted by Crippen LogP contribution is -2.19. The van der Waals surface area contributed by atoms with E-state index in [4.69, 9.17) is 0 Å². The van der Waals surface area contributed by atoms with Gasteiger partial charge in [0.25, 0.3) is 0 Å². The summed E-state index contributed by atoms with van der Waals surface area (Å²) < 4.78 is 0. The van der Waals surface area contributed by atoms with Crippen molar-refractivity contribution in [3.05, 3.63) is 179 Å². The summed E-state index contributed by atoms with van der Waals surface area (Å²) in [5.41, 5.74) is 11.3. The van der Waals surface area contributed by atoms with E-state index in [1.54, 1.807) is 12.7 Å². The average molecular weight is 577 g/mol. The molecule has 0 saturated carbocycles. The molecule has 0 amide bonds. The van der Waals surface area contributed by atoms with Gasteiger partial charge >= 0.3 is 0 Å². The van der Waals surface area contributed by atoms with Crippen LogP contribution in [0.15, 0.2) is 134 Å². The normalized spacial score (nSPS) is 20.5. The summed E-state index contributed by atoms with van der Waals surface area (Å²) in [4.78, 5) is 15.0. The number of aromatic nitrogens is 4. The molecule has 0 radical (unpaired) electrons. The van der Waals surface area contributed by atoms with Gasteiger partial charge in [-0.1, -0.05) is 109 Å². The lowest BCUT2D eigenvalue weighted by molar-refractivity contribution is 0.487. The Balaban J connectivity index is 0.000000142. The molecule has 4 heteroatoms. The topological polar surface area (TPSA) is 57.4 Å². The Morgan fingerprint density at radius 3 is 1.32 bits per heavy atom. The standard InChI is InChI=1S/2C20H20N2/c2*1-2-6-15(7-3-1)17-10-16-8-4-5-9-20(16)18(11-17)12-19-13-21-14-22-19/h2*1-9,13-14,17-18H,10-12H2,(H,21,22). The fourth-order valence-electron chi connectivity index (χ4n) is 7.53. The predicted octanol–water partition coefficient (Wildman–Crippen LogP) is 8.93. The summed E-state index contributed by atoms with van der Waals surface area (Å²) in [6, 6.07) is 39.7. The minimum absolute atomic E-state index is 0.554. The number of imidazole rings is 2. The van der Waals surface area contributed by atoms with Crippen LogP contribution in [0.2, 0.25) is 0 Å². The van der Waals surface area contributed by atoms with Gasteiger partial charge in [0.2, 0.25) is 0 Å². The zero-order chi connectivity index (χ0) is 29.6. The van der Waals surface area contributed by atoms with Gasteiger partial charge in [-0.2, -0.15) is 0 Å². The molecule has 4 atom stereocenters. The van der Waals surface area contributed by atoms with Crippen LogP contribution in [0, 0.1) is 0 Å². The molecule has 2 N–H and O–H groups in total. The van der Waals surface area contributed by atoms with Crippen molar-refractivity contribution in [3.63, 3.8) is 0 Å². The van der Waals surface area contributed by atoms with Gasteiger partial charge in [0.15, 0.2) is 0 Å². The summed E-state index contributed by atoms with van der Waals surface area (Å²) in [5, 5.41) is 0. The van der Waals surface area contributed by atoms with E-state index < -0.39 is 0 Å². The Morgan fingerprint density at radius 1 is 0.500 bits per heavy atom. The van der Waals surface area contributed by atoms with Crippen LogP contribution in [0.25, 0.3) is 0 Å². The smallest absolute Gasteiger partial charge is 0.0923 e. The molecule has 0 spiro atoms. The number of aromatic amines is 2. The van der Waals surface area contributed by atoms with E-state index in [9.17, 15) is 0 Å². The van der Waals surface area contributed by atoms with Gasteiger partial charge in [-0.25, -0.2) is 9.97 Å². The molecule has 8 rings (SSSR count). The van der Waals surface area contributed by atoms with E-state index in [-0.39, 0.29) is 0 Å². The van der Waals surface area contributed by atoms with E-state index in [0.717, 1.165) is 37.1 Å². The first-order valence-corrected chi connectivity index (χ1v) is 16.0. The highest BCUT2D eigenvalue weighted by Gasteiger charge is 2.29. The largest absolute Gasteiger partial charge is 0.351 e. The second-order valence-corrected chi connectivity index (χ2v) is 12.4. The summed E-state index contributed by atoms with van der Waals surface area (Å²) in [6.07, 6.45) is 14.3. The minimum Gasteiger partial charge on any atom is -0.351 e. The minimum atomic E-state index is 0.554. The average Bonchev–Trinajstić information content (AvgIpc) is 3.81. The van der Waals surface area contributed by atoms with Crippen LogP contribution in [-0.2, 0) is 25.7 Å². The molecule has 44 heavy (non-hydrogen) atoms. The molecule has 0 bridgehead atoms. The molecular formula is C40H40N4. The van der Waals surface area contributed by atoms with Gasteiger partial charge < -0.3 is 9.97 Å². The van der Waals surface area contributed by atoms with E-state index in [1.807, 2.05) is 12.4 Å². The van der Waals surface area contributed by atoms with Gasteiger partial charge in [-0.05, 0) is 95.6 Å². The highest BCUT2D eigenvalue weighted by molar-refractivity contribution is 5.39. The highest BCUT2D eigenvalue weighted by Crippen LogP contribution is 2.42. The molecule has 2 aliphatic rings. The number of nitrogens with zero attached hydrogens (tertiary/aromatic N) is 2. The number of benzene rings is 4. The Hall–Kier alpha value is -4.70. The van der Waals surface area contributed by atoms with E-state index >= 15 is 0 Å². The summed E-state index contributed by atoms with van der Waals surface area (Å²) in [6.45, 7) is 0. The molecule has 0 saturated heterocycles. The first-order valence-electron chi connectivity index (χ1n) is 16.0. The number of H-pyrrole nitrogens is 2. The van der Waals surface area contributed by atoms with Crippen molar-refractivity contribution in [3.8, 4) is 0 Å². The predicted molar refractivity (Wildman–Crippen MR) is 178 cm³/mol. The van der Waals surface area contributed by atoms with Gasteiger partial charge in [0.05, 0.1) is 24.0 Å². The maximum Gasteiger partial charge on any atom is 0.0923 e. The number of hydrogen-bond donors (Lipinski definition) is 2. The van der Waals surface area contributed by atoms with E-state index in [2.05, 4.69) is 129 Å². The van der Waals surface area contributed by atoms with Crippen molar-refractivity contribution in [1.29, 1.82) is 0 Å². The highest BCUT2D eigenvalue weighted by atomic mass is 14.9. The molecule has 2 aliphatic carbocycles. The van der Waals surface area contributed by atoms with Crippen molar-refractivity contribution in [2.75, 3.05) is 0 Å². The van der Waals surface area contributed by atoms with Crippen LogP contribution in [-0.4, -0.2) is 19.9 Å². The van der Waals surface area contributed by atoms with Crippen LogP contribution in [0.4, 0.5) is 0 Å². The number of hydrogen-bond acceptors (Lipinski definition) is 2. The summed E-state index contributed by atoms with van der Waals surface area (Å²) >= 11 is 0. The van der Waals surface area contributed by atoms with Gasteiger partial charge in [-0.3, -0.25) is 0 Å². The van der Waals surface area contributed by atoms with E-state index in [1.165, 1.54) is 46.2 Å². The lowest BCUT2D eigenvalue weighted by Gasteiger charge is -2.31. The second-order valence-electron chi connectivity index (χ2n) is 12.4. The lowest BCUT2D eigenvalue weighted by atomic mass is 9.73. The van der Waals surface area contributed by atoms with Crippen LogP contribution in [0.1, 0.15) is 81.3 Å². The maximum absolute atomic E-state index is 4.43. The first kappa shape index (κ1) is 28.1. The fourth-order valence-corrected chi connectivity index (χ4v) is 7.53. The zero-order valence-corrected chi connectivity index (χ0v) is 25.1. The van der Waals surface area contributed by atoms with Crippen LogP contribution in [0.5, 0.6) is 0 Å². The molecular weight excluding hydrogens is 536 g/mol. The molecule has 2 aromatic heterocycles. The van der Waals surface area contributed by atoms with Crippen molar-refractivity contribution >= 4 is 0 Å². The number of rotatable bonds is 6. The first-order chi connectivity index (χ1) is 21.8. The summed E-state index contributed by atoms with van der Waals surface area (Å²) in [5.74, 6) is 2.33. The van der Waals surface area contributed by atoms with Crippen LogP contribution < -0.4 is 0 Å². The van der Waals surface area contributed by atoms with Crippen molar-refractivity contribution in [2.45, 2.75) is 62.2 Å². The van der Waals surface area contributed by atoms with Crippen molar-refractivity contribution < 1.29 is 0 Å². The molecule has 220 valence electrons. The van der Waals surface area contributed by atoms with Crippen molar-refractivity contribution in [2.24, 2.45) is 0 Å². The Morgan fingerprint density at radius 2 is 0.909 bits per heavy atom. The van der Waals surface area contributed by atoms with Crippen LogP contribution in [0.3, 0.4) is 0 Å². The Kier molecular flexibility index (Phi) is 8.49. The number of nitrogens with one attached hydrogen (secondary N) is 2. The monoisotopic (exact) mass is 576 g/mol. The van der Waals surface area contributed by atoms with Gasteiger partial charge in [-0.15, -0.1) is 0 Å².